The number of hydrogen-bond donors (Lipinski definition) is 0. The Hall–Kier alpha value is -5.78. The van der Waals surface area contributed by atoms with E-state index < -0.39 is 0 Å². The van der Waals surface area contributed by atoms with Gasteiger partial charge in [-0.05, 0) is 76.9 Å². The molecule has 0 atom stereocenters. The van der Waals surface area contributed by atoms with E-state index in [9.17, 15) is 0 Å². The second-order valence-electron chi connectivity index (χ2n) is 13.3. The van der Waals surface area contributed by atoms with Crippen molar-refractivity contribution in [1.82, 2.24) is 0 Å². The summed E-state index contributed by atoms with van der Waals surface area (Å²) in [5.74, 6) is 0. The highest BCUT2D eigenvalue weighted by Gasteiger charge is 2.18. The molecule has 0 N–H and O–H groups in total. The SMILES string of the molecule is c1cc(-c2cccc3c2sc2ccccc23)cc(N(c2ccc(-c3cccc4c3sc3ccccc34)cc2)c2ccc3c(c2)sc2ccccc23)c1. The molecule has 52 heavy (non-hydrogen) atoms. The van der Waals surface area contributed by atoms with Gasteiger partial charge in [-0.15, -0.1) is 34.0 Å². The van der Waals surface area contributed by atoms with Gasteiger partial charge in [0.1, 0.15) is 0 Å². The van der Waals surface area contributed by atoms with Crippen molar-refractivity contribution in [2.75, 3.05) is 4.90 Å². The molecule has 0 spiro atoms. The molecule has 0 radical (unpaired) electrons. The van der Waals surface area contributed by atoms with E-state index in [-0.39, 0.29) is 0 Å². The molecule has 1 nitrogen and oxygen atoms in total. The van der Waals surface area contributed by atoms with E-state index in [1.807, 2.05) is 34.0 Å². The van der Waals surface area contributed by atoms with Crippen LogP contribution in [0.2, 0.25) is 0 Å². The van der Waals surface area contributed by atoms with Gasteiger partial charge in [0, 0.05) is 77.6 Å². The monoisotopic (exact) mass is 715 g/mol. The molecule has 0 amide bonds. The molecule has 0 aliphatic carbocycles. The highest BCUT2D eigenvalue weighted by molar-refractivity contribution is 7.27. The lowest BCUT2D eigenvalue weighted by Gasteiger charge is -2.26. The van der Waals surface area contributed by atoms with Crippen molar-refractivity contribution in [2.45, 2.75) is 0 Å². The number of hydrogen-bond acceptors (Lipinski definition) is 4. The topological polar surface area (TPSA) is 3.24 Å². The highest BCUT2D eigenvalue weighted by Crippen LogP contribution is 2.45. The minimum atomic E-state index is 1.13. The predicted octanol–water partition coefficient (Wildman–Crippen LogP) is 15.6. The molecule has 0 saturated carbocycles. The van der Waals surface area contributed by atoms with Crippen molar-refractivity contribution in [3.05, 3.63) is 176 Å². The Balaban J connectivity index is 1.07. The van der Waals surface area contributed by atoms with Gasteiger partial charge in [-0.2, -0.15) is 0 Å². The number of rotatable bonds is 5. The smallest absolute Gasteiger partial charge is 0.0476 e. The fraction of sp³-hybridized carbons (Fsp3) is 0. The van der Waals surface area contributed by atoms with E-state index in [1.165, 1.54) is 82.8 Å². The van der Waals surface area contributed by atoms with Gasteiger partial charge in [0.15, 0.2) is 0 Å². The third kappa shape index (κ3) is 4.72. The van der Waals surface area contributed by atoms with Crippen molar-refractivity contribution in [1.29, 1.82) is 0 Å². The normalized spacial score (nSPS) is 11.8. The van der Waals surface area contributed by atoms with Crippen LogP contribution < -0.4 is 4.90 Å². The zero-order chi connectivity index (χ0) is 34.2. The van der Waals surface area contributed by atoms with Gasteiger partial charge in [0.05, 0.1) is 0 Å². The fourth-order valence-electron chi connectivity index (χ4n) is 7.85. The van der Waals surface area contributed by atoms with E-state index in [2.05, 4.69) is 181 Å². The van der Waals surface area contributed by atoms with Crippen LogP contribution in [0.15, 0.2) is 176 Å². The van der Waals surface area contributed by atoms with Crippen LogP contribution in [0.5, 0.6) is 0 Å². The van der Waals surface area contributed by atoms with Crippen LogP contribution in [0.4, 0.5) is 17.1 Å². The van der Waals surface area contributed by atoms with Gasteiger partial charge < -0.3 is 4.90 Å². The molecule has 0 aliphatic heterocycles. The third-order valence-corrected chi connectivity index (χ3v) is 13.9. The Labute approximate surface area is 312 Å². The molecule has 0 aliphatic rings. The lowest BCUT2D eigenvalue weighted by Crippen LogP contribution is -2.10. The Morgan fingerprint density at radius 2 is 0.769 bits per heavy atom. The summed E-state index contributed by atoms with van der Waals surface area (Å²) in [4.78, 5) is 2.42. The first-order valence-corrected chi connectivity index (χ1v) is 19.9. The van der Waals surface area contributed by atoms with Crippen LogP contribution in [0.1, 0.15) is 0 Å². The second kappa shape index (κ2) is 11.9. The van der Waals surface area contributed by atoms with Crippen molar-refractivity contribution in [2.24, 2.45) is 0 Å². The standard InChI is InChI=1S/C48H29NS3/c1-4-19-43-37(12-1)40-27-26-34(29-46(40)50-43)49(32-24-22-30(23-25-32)35-15-8-17-41-38-13-2-5-20-44(38)51-47(35)41)33-11-7-10-31(28-33)36-16-9-18-42-39-14-3-6-21-45(39)52-48(36)42/h1-29H. The molecule has 3 aromatic heterocycles. The first kappa shape index (κ1) is 29.9. The lowest BCUT2D eigenvalue weighted by atomic mass is 10.0. The van der Waals surface area contributed by atoms with E-state index in [0.717, 1.165) is 17.1 Å². The molecule has 11 aromatic rings. The lowest BCUT2D eigenvalue weighted by molar-refractivity contribution is 1.29. The predicted molar refractivity (Wildman–Crippen MR) is 231 cm³/mol. The summed E-state index contributed by atoms with van der Waals surface area (Å²) in [6.45, 7) is 0. The van der Waals surface area contributed by atoms with Crippen molar-refractivity contribution < 1.29 is 0 Å². The van der Waals surface area contributed by atoms with Crippen LogP contribution in [-0.4, -0.2) is 0 Å². The van der Waals surface area contributed by atoms with Crippen molar-refractivity contribution in [3.63, 3.8) is 0 Å². The summed E-state index contributed by atoms with van der Waals surface area (Å²) >= 11 is 5.63. The molecule has 0 saturated heterocycles. The summed E-state index contributed by atoms with van der Waals surface area (Å²) in [6.07, 6.45) is 0. The molecule has 4 heteroatoms. The average molecular weight is 716 g/mol. The maximum atomic E-state index is 2.42. The molecule has 244 valence electrons. The summed E-state index contributed by atoms with van der Waals surface area (Å²) in [7, 11) is 0. The number of fused-ring (bicyclic) bond motifs is 9. The molecule has 0 bridgehead atoms. The maximum absolute atomic E-state index is 2.42. The fourth-order valence-corrected chi connectivity index (χ4v) is 11.5. The Bertz CT molecular complexity index is 3140. The van der Waals surface area contributed by atoms with Crippen LogP contribution in [0, 0.1) is 0 Å². The third-order valence-electron chi connectivity index (χ3n) is 10.3. The van der Waals surface area contributed by atoms with E-state index in [4.69, 9.17) is 0 Å². The summed E-state index contributed by atoms with van der Waals surface area (Å²) in [6, 6.07) is 64.8. The molecule has 8 aromatic carbocycles. The summed E-state index contributed by atoms with van der Waals surface area (Å²) in [5, 5.41) is 7.92. The van der Waals surface area contributed by atoms with Crippen LogP contribution in [0.25, 0.3) is 82.8 Å². The quantitative estimate of drug-likeness (QED) is 0.171. The zero-order valence-electron chi connectivity index (χ0n) is 27.9. The maximum Gasteiger partial charge on any atom is 0.0476 e. The molecule has 3 heterocycles. The molecular formula is C48H29NS3. The first-order chi connectivity index (χ1) is 25.8. The van der Waals surface area contributed by atoms with E-state index in [1.54, 1.807) is 0 Å². The highest BCUT2D eigenvalue weighted by atomic mass is 32.1. The van der Waals surface area contributed by atoms with Gasteiger partial charge in [-0.3, -0.25) is 0 Å². The van der Waals surface area contributed by atoms with Gasteiger partial charge in [0.25, 0.3) is 0 Å². The molecule has 0 unspecified atom stereocenters. The Morgan fingerprint density at radius 3 is 1.42 bits per heavy atom. The van der Waals surface area contributed by atoms with Crippen molar-refractivity contribution >= 4 is 112 Å². The van der Waals surface area contributed by atoms with Crippen LogP contribution in [-0.2, 0) is 0 Å². The Morgan fingerprint density at radius 1 is 0.288 bits per heavy atom. The van der Waals surface area contributed by atoms with Crippen molar-refractivity contribution in [3.8, 4) is 22.3 Å². The van der Waals surface area contributed by atoms with Gasteiger partial charge >= 0.3 is 0 Å². The average Bonchev–Trinajstić information content (AvgIpc) is 3.89. The van der Waals surface area contributed by atoms with Gasteiger partial charge in [-0.25, -0.2) is 0 Å². The van der Waals surface area contributed by atoms with Gasteiger partial charge in [0.2, 0.25) is 0 Å². The van der Waals surface area contributed by atoms with Crippen LogP contribution >= 0.6 is 34.0 Å². The molecular weight excluding hydrogens is 687 g/mol. The largest absolute Gasteiger partial charge is 0.310 e. The number of thiophene rings is 3. The van der Waals surface area contributed by atoms with Gasteiger partial charge in [-0.1, -0.05) is 121 Å². The summed E-state index contributed by atoms with van der Waals surface area (Å²) in [5.41, 5.74) is 8.41. The number of benzene rings is 8. The first-order valence-electron chi connectivity index (χ1n) is 17.5. The minimum absolute atomic E-state index is 1.13. The molecule has 0 fully saturated rings. The number of anilines is 3. The van der Waals surface area contributed by atoms with Crippen LogP contribution in [0.3, 0.4) is 0 Å². The van der Waals surface area contributed by atoms with E-state index in [0.29, 0.717) is 0 Å². The Kier molecular flexibility index (Phi) is 6.84. The molecule has 11 rings (SSSR count). The minimum Gasteiger partial charge on any atom is -0.310 e. The second-order valence-corrected chi connectivity index (χ2v) is 16.5. The number of nitrogens with zero attached hydrogens (tertiary/aromatic N) is 1. The van der Waals surface area contributed by atoms with E-state index >= 15 is 0 Å². The zero-order valence-corrected chi connectivity index (χ0v) is 30.4. The summed E-state index contributed by atoms with van der Waals surface area (Å²) < 4.78 is 7.94.